The van der Waals surface area contributed by atoms with Crippen LogP contribution in [0, 0.1) is 0 Å². The number of carbonyl (C=O) groups excluding carboxylic acids is 1. The SMILES string of the molecule is O=C(N/C(=C/c1ccc(O)c(Br)c1)c1nc2ccccc2o1)c1ccccc1. The normalized spacial score (nSPS) is 11.5. The Labute approximate surface area is 169 Å². The van der Waals surface area contributed by atoms with Crippen LogP contribution in [0.2, 0.25) is 0 Å². The quantitative estimate of drug-likeness (QED) is 0.461. The first-order chi connectivity index (χ1) is 13.6. The molecule has 0 saturated carbocycles. The summed E-state index contributed by atoms with van der Waals surface area (Å²) >= 11 is 3.30. The van der Waals surface area contributed by atoms with E-state index in [2.05, 4.69) is 26.2 Å². The fourth-order valence-corrected chi connectivity index (χ4v) is 3.10. The van der Waals surface area contributed by atoms with Gasteiger partial charge in [-0.1, -0.05) is 36.4 Å². The number of para-hydroxylation sites is 2. The first kappa shape index (κ1) is 18.0. The molecule has 1 amide bonds. The topological polar surface area (TPSA) is 75.4 Å². The van der Waals surface area contributed by atoms with E-state index in [4.69, 9.17) is 4.42 Å². The third kappa shape index (κ3) is 3.82. The van der Waals surface area contributed by atoms with Gasteiger partial charge < -0.3 is 14.8 Å². The van der Waals surface area contributed by atoms with E-state index in [0.29, 0.717) is 32.7 Å². The van der Waals surface area contributed by atoms with E-state index in [1.807, 2.05) is 30.3 Å². The fourth-order valence-electron chi connectivity index (χ4n) is 2.70. The second kappa shape index (κ2) is 7.70. The summed E-state index contributed by atoms with van der Waals surface area (Å²) in [5.41, 5.74) is 3.03. The summed E-state index contributed by atoms with van der Waals surface area (Å²) in [6.45, 7) is 0. The highest BCUT2D eigenvalue weighted by Gasteiger charge is 2.15. The number of nitrogens with one attached hydrogen (secondary N) is 1. The van der Waals surface area contributed by atoms with Crippen molar-refractivity contribution in [2.75, 3.05) is 0 Å². The predicted molar refractivity (Wildman–Crippen MR) is 112 cm³/mol. The monoisotopic (exact) mass is 434 g/mol. The standard InChI is InChI=1S/C22H15BrN2O3/c23-16-12-14(10-11-19(16)26)13-18(24-21(27)15-6-2-1-3-7-15)22-25-17-8-4-5-9-20(17)28-22/h1-13,26H,(H,24,27)/b18-13+. The van der Waals surface area contributed by atoms with Gasteiger partial charge in [-0.2, -0.15) is 0 Å². The number of aromatic nitrogens is 1. The summed E-state index contributed by atoms with van der Waals surface area (Å²) in [4.78, 5) is 17.2. The van der Waals surface area contributed by atoms with Crippen LogP contribution in [0.15, 0.2) is 81.7 Å². The first-order valence-corrected chi connectivity index (χ1v) is 9.32. The molecule has 4 aromatic rings. The molecule has 6 heteroatoms. The molecule has 0 radical (unpaired) electrons. The van der Waals surface area contributed by atoms with Gasteiger partial charge in [0.15, 0.2) is 5.58 Å². The first-order valence-electron chi connectivity index (χ1n) is 8.53. The number of hydrogen-bond donors (Lipinski definition) is 2. The number of oxazole rings is 1. The van der Waals surface area contributed by atoms with Gasteiger partial charge >= 0.3 is 0 Å². The van der Waals surface area contributed by atoms with Crippen molar-refractivity contribution in [3.05, 3.63) is 94.3 Å². The molecule has 138 valence electrons. The molecule has 0 bridgehead atoms. The van der Waals surface area contributed by atoms with Gasteiger partial charge in [-0.25, -0.2) is 4.98 Å². The van der Waals surface area contributed by atoms with Crippen molar-refractivity contribution in [1.29, 1.82) is 0 Å². The minimum atomic E-state index is -0.271. The molecular formula is C22H15BrN2O3. The van der Waals surface area contributed by atoms with E-state index in [0.717, 1.165) is 5.56 Å². The zero-order valence-corrected chi connectivity index (χ0v) is 16.2. The Kier molecular flexibility index (Phi) is 4.95. The number of carbonyl (C=O) groups is 1. The molecule has 4 rings (SSSR count). The lowest BCUT2D eigenvalue weighted by molar-refractivity contribution is 0.0973. The van der Waals surface area contributed by atoms with Crippen LogP contribution in [-0.4, -0.2) is 16.0 Å². The van der Waals surface area contributed by atoms with Crippen molar-refractivity contribution in [2.45, 2.75) is 0 Å². The smallest absolute Gasteiger partial charge is 0.255 e. The molecule has 0 aliphatic carbocycles. The summed E-state index contributed by atoms with van der Waals surface area (Å²) in [6.07, 6.45) is 1.75. The summed E-state index contributed by atoms with van der Waals surface area (Å²) in [5.74, 6) is 0.163. The molecule has 0 spiro atoms. The Morgan fingerprint density at radius 1 is 1.04 bits per heavy atom. The van der Waals surface area contributed by atoms with Crippen LogP contribution in [0.5, 0.6) is 5.75 Å². The lowest BCUT2D eigenvalue weighted by Crippen LogP contribution is -2.22. The fraction of sp³-hybridized carbons (Fsp3) is 0. The van der Waals surface area contributed by atoms with Crippen molar-refractivity contribution in [3.63, 3.8) is 0 Å². The number of hydrogen-bond acceptors (Lipinski definition) is 4. The molecule has 0 saturated heterocycles. The molecule has 0 unspecified atom stereocenters. The van der Waals surface area contributed by atoms with Crippen LogP contribution in [0.1, 0.15) is 21.8 Å². The number of fused-ring (bicyclic) bond motifs is 1. The van der Waals surface area contributed by atoms with Crippen LogP contribution < -0.4 is 5.32 Å². The largest absolute Gasteiger partial charge is 0.507 e. The van der Waals surface area contributed by atoms with Crippen LogP contribution in [0.3, 0.4) is 0 Å². The maximum absolute atomic E-state index is 12.7. The van der Waals surface area contributed by atoms with Crippen LogP contribution in [-0.2, 0) is 0 Å². The minimum absolute atomic E-state index is 0.133. The Bertz CT molecular complexity index is 1150. The Hall–Kier alpha value is -3.38. The summed E-state index contributed by atoms with van der Waals surface area (Å²) in [5, 5.41) is 12.6. The molecule has 1 aromatic heterocycles. The number of rotatable bonds is 4. The molecule has 1 heterocycles. The molecule has 0 atom stereocenters. The number of phenolic OH excluding ortho intramolecular Hbond substituents is 1. The second-order valence-electron chi connectivity index (χ2n) is 6.08. The summed E-state index contributed by atoms with van der Waals surface area (Å²) < 4.78 is 6.39. The zero-order chi connectivity index (χ0) is 19.5. The average Bonchev–Trinajstić information content (AvgIpc) is 3.15. The van der Waals surface area contributed by atoms with Crippen molar-refractivity contribution < 1.29 is 14.3 Å². The maximum atomic E-state index is 12.7. The highest BCUT2D eigenvalue weighted by atomic mass is 79.9. The second-order valence-corrected chi connectivity index (χ2v) is 6.93. The number of benzene rings is 3. The minimum Gasteiger partial charge on any atom is -0.507 e. The molecule has 2 N–H and O–H groups in total. The van der Waals surface area contributed by atoms with Gasteiger partial charge in [-0.3, -0.25) is 4.79 Å². The van der Waals surface area contributed by atoms with Gasteiger partial charge in [0, 0.05) is 5.56 Å². The third-order valence-electron chi connectivity index (χ3n) is 4.09. The van der Waals surface area contributed by atoms with Gasteiger partial charge in [0.05, 0.1) is 4.47 Å². The van der Waals surface area contributed by atoms with Gasteiger partial charge in [-0.15, -0.1) is 0 Å². The van der Waals surface area contributed by atoms with Crippen molar-refractivity contribution in [1.82, 2.24) is 10.3 Å². The van der Waals surface area contributed by atoms with E-state index in [1.165, 1.54) is 0 Å². The van der Waals surface area contributed by atoms with Crippen molar-refractivity contribution in [3.8, 4) is 5.75 Å². The molecule has 3 aromatic carbocycles. The molecule has 0 aliphatic heterocycles. The van der Waals surface area contributed by atoms with Gasteiger partial charge in [-0.05, 0) is 64.0 Å². The van der Waals surface area contributed by atoms with Crippen LogP contribution in [0.4, 0.5) is 0 Å². The van der Waals surface area contributed by atoms with Crippen molar-refractivity contribution >= 4 is 44.7 Å². The van der Waals surface area contributed by atoms with E-state index >= 15 is 0 Å². The highest BCUT2D eigenvalue weighted by molar-refractivity contribution is 9.10. The number of aromatic hydroxyl groups is 1. The molecule has 5 nitrogen and oxygen atoms in total. The molecule has 28 heavy (non-hydrogen) atoms. The summed E-state index contributed by atoms with van der Waals surface area (Å²) in [6, 6.07) is 21.4. The Balaban J connectivity index is 1.76. The van der Waals surface area contributed by atoms with Crippen molar-refractivity contribution in [2.24, 2.45) is 0 Å². The Morgan fingerprint density at radius 2 is 1.79 bits per heavy atom. The van der Waals surface area contributed by atoms with E-state index in [9.17, 15) is 9.90 Å². The lowest BCUT2D eigenvalue weighted by atomic mass is 10.1. The van der Waals surface area contributed by atoms with E-state index in [1.54, 1.807) is 48.5 Å². The van der Waals surface area contributed by atoms with E-state index in [-0.39, 0.29) is 11.7 Å². The van der Waals surface area contributed by atoms with Gasteiger partial charge in [0.1, 0.15) is 17.0 Å². The maximum Gasteiger partial charge on any atom is 0.255 e. The van der Waals surface area contributed by atoms with E-state index < -0.39 is 0 Å². The van der Waals surface area contributed by atoms with Crippen LogP contribution in [0.25, 0.3) is 22.9 Å². The number of phenols is 1. The highest BCUT2D eigenvalue weighted by Crippen LogP contribution is 2.27. The predicted octanol–water partition coefficient (Wildman–Crippen LogP) is 5.22. The Morgan fingerprint density at radius 3 is 2.54 bits per heavy atom. The third-order valence-corrected chi connectivity index (χ3v) is 4.73. The molecular weight excluding hydrogens is 420 g/mol. The van der Waals surface area contributed by atoms with Gasteiger partial charge in [0.25, 0.3) is 5.91 Å². The zero-order valence-electron chi connectivity index (χ0n) is 14.6. The average molecular weight is 435 g/mol. The lowest BCUT2D eigenvalue weighted by Gasteiger charge is -2.08. The summed E-state index contributed by atoms with van der Waals surface area (Å²) in [7, 11) is 0. The van der Waals surface area contributed by atoms with Gasteiger partial charge in [0.2, 0.25) is 5.89 Å². The molecule has 0 aliphatic rings. The number of nitrogens with zero attached hydrogens (tertiary/aromatic N) is 1. The van der Waals surface area contributed by atoms with Crippen LogP contribution >= 0.6 is 15.9 Å². The molecule has 0 fully saturated rings. The number of amides is 1. The number of halogens is 1.